The average molecular weight is 510 g/mol. The number of benzene rings is 3. The maximum absolute atomic E-state index is 13.3. The Morgan fingerprint density at radius 3 is 2.22 bits per heavy atom. The number of nitrogens with one attached hydrogen (secondary N) is 2. The predicted molar refractivity (Wildman–Crippen MR) is 136 cm³/mol. The van der Waals surface area contributed by atoms with Gasteiger partial charge in [0.2, 0.25) is 0 Å². The zero-order chi connectivity index (χ0) is 26.1. The first kappa shape index (κ1) is 25.2. The summed E-state index contributed by atoms with van der Waals surface area (Å²) in [6.07, 6.45) is 0.392. The minimum Gasteiger partial charge on any atom is -0.496 e. The van der Waals surface area contributed by atoms with Gasteiger partial charge in [-0.05, 0) is 47.0 Å². The van der Waals surface area contributed by atoms with Gasteiger partial charge in [0.1, 0.15) is 11.3 Å². The van der Waals surface area contributed by atoms with Crippen molar-refractivity contribution in [2.75, 3.05) is 25.9 Å². The summed E-state index contributed by atoms with van der Waals surface area (Å²) >= 11 is 0. The Hall–Kier alpha value is -3.89. The van der Waals surface area contributed by atoms with Gasteiger partial charge in [-0.25, -0.2) is 4.79 Å². The molecule has 10 heteroatoms. The zero-order valence-electron chi connectivity index (χ0n) is 20.1. The molecule has 1 aliphatic carbocycles. The number of carboxylic acids is 1. The van der Waals surface area contributed by atoms with E-state index in [1.165, 1.54) is 21.2 Å². The molecule has 3 N–H and O–H groups in total. The van der Waals surface area contributed by atoms with Crippen LogP contribution in [0, 0.1) is 0 Å². The molecule has 0 fully saturated rings. The molecule has 0 radical (unpaired) electrons. The number of hydrogen-bond donors (Lipinski definition) is 3. The van der Waals surface area contributed by atoms with Crippen LogP contribution in [-0.4, -0.2) is 56.5 Å². The van der Waals surface area contributed by atoms with Gasteiger partial charge in [-0.15, -0.1) is 0 Å². The largest absolute Gasteiger partial charge is 0.496 e. The number of amides is 1. The topological polar surface area (TPSA) is 125 Å². The summed E-state index contributed by atoms with van der Waals surface area (Å²) in [6, 6.07) is 18.9. The van der Waals surface area contributed by atoms with E-state index in [0.717, 1.165) is 15.4 Å². The Labute approximate surface area is 209 Å². The van der Waals surface area contributed by atoms with Gasteiger partial charge in [0, 0.05) is 38.1 Å². The van der Waals surface area contributed by atoms with E-state index < -0.39 is 27.6 Å². The van der Waals surface area contributed by atoms with Gasteiger partial charge in [-0.1, -0.05) is 36.4 Å². The number of carbonyl (C=O) groups is 2. The van der Waals surface area contributed by atoms with Crippen molar-refractivity contribution in [2.45, 2.75) is 18.4 Å². The summed E-state index contributed by atoms with van der Waals surface area (Å²) in [7, 11) is 0.628. The second kappa shape index (κ2) is 9.63. The van der Waals surface area contributed by atoms with Gasteiger partial charge in [0.05, 0.1) is 12.8 Å². The fourth-order valence-electron chi connectivity index (χ4n) is 4.26. The lowest BCUT2D eigenvalue weighted by Gasteiger charge is -2.25. The summed E-state index contributed by atoms with van der Waals surface area (Å²) in [5.74, 6) is -1.15. The van der Waals surface area contributed by atoms with E-state index >= 15 is 0 Å². The highest BCUT2D eigenvalue weighted by Gasteiger charge is 2.45. The van der Waals surface area contributed by atoms with Crippen LogP contribution >= 0.6 is 0 Å². The Morgan fingerprint density at radius 2 is 1.64 bits per heavy atom. The highest BCUT2D eigenvalue weighted by Crippen LogP contribution is 2.34. The van der Waals surface area contributed by atoms with E-state index in [4.69, 9.17) is 4.74 Å². The molecule has 0 aromatic heterocycles. The molecule has 1 aliphatic rings. The van der Waals surface area contributed by atoms with Crippen molar-refractivity contribution in [3.05, 3.63) is 83.4 Å². The molecular formula is C26H27N3O6S. The maximum Gasteiger partial charge on any atom is 0.330 e. The molecule has 0 atom stereocenters. The molecule has 0 heterocycles. The first-order valence-corrected chi connectivity index (χ1v) is 12.6. The molecule has 9 nitrogen and oxygen atoms in total. The molecule has 0 saturated heterocycles. The molecule has 3 aromatic rings. The van der Waals surface area contributed by atoms with Crippen LogP contribution in [0.25, 0.3) is 11.1 Å². The van der Waals surface area contributed by atoms with Crippen LogP contribution in [-0.2, 0) is 27.8 Å². The lowest BCUT2D eigenvalue weighted by atomic mass is 9.94. The number of rotatable bonds is 8. The molecule has 3 aromatic carbocycles. The van der Waals surface area contributed by atoms with Crippen LogP contribution in [0.1, 0.15) is 21.5 Å². The van der Waals surface area contributed by atoms with E-state index in [0.29, 0.717) is 22.6 Å². The van der Waals surface area contributed by atoms with E-state index in [1.807, 2.05) is 24.3 Å². The molecule has 0 bridgehead atoms. The number of carbonyl (C=O) groups excluding carboxylic acids is 1. The predicted octanol–water partition coefficient (Wildman–Crippen LogP) is 2.93. The van der Waals surface area contributed by atoms with E-state index in [-0.39, 0.29) is 18.4 Å². The first-order chi connectivity index (χ1) is 17.0. The highest BCUT2D eigenvalue weighted by molar-refractivity contribution is 7.90. The Balaban J connectivity index is 1.65. The second-order valence-electron chi connectivity index (χ2n) is 8.85. The first-order valence-electron chi connectivity index (χ1n) is 11.2. The normalized spacial score (nSPS) is 14.2. The third-order valence-corrected chi connectivity index (χ3v) is 7.68. The molecular weight excluding hydrogens is 482 g/mol. The zero-order valence-corrected chi connectivity index (χ0v) is 20.9. The number of anilines is 1. The molecule has 36 heavy (non-hydrogen) atoms. The highest BCUT2D eigenvalue weighted by atomic mass is 32.2. The number of ether oxygens (including phenoxy) is 1. The average Bonchev–Trinajstić information content (AvgIpc) is 3.23. The van der Waals surface area contributed by atoms with E-state index in [9.17, 15) is 23.1 Å². The summed E-state index contributed by atoms with van der Waals surface area (Å²) in [5, 5.41) is 12.8. The van der Waals surface area contributed by atoms with Crippen molar-refractivity contribution < 1.29 is 27.9 Å². The molecule has 4 rings (SSSR count). The van der Waals surface area contributed by atoms with Crippen molar-refractivity contribution in [2.24, 2.45) is 0 Å². The van der Waals surface area contributed by atoms with Crippen molar-refractivity contribution in [1.82, 2.24) is 9.62 Å². The molecule has 1 amide bonds. The minimum atomic E-state index is -3.71. The summed E-state index contributed by atoms with van der Waals surface area (Å²) < 4.78 is 33.5. The molecule has 0 spiro atoms. The van der Waals surface area contributed by atoms with Gasteiger partial charge in [0.15, 0.2) is 0 Å². The van der Waals surface area contributed by atoms with Crippen LogP contribution in [0.3, 0.4) is 0 Å². The molecule has 188 valence electrons. The van der Waals surface area contributed by atoms with Crippen molar-refractivity contribution in [3.63, 3.8) is 0 Å². The molecule has 0 unspecified atom stereocenters. The maximum atomic E-state index is 13.3. The van der Waals surface area contributed by atoms with Crippen LogP contribution in [0.5, 0.6) is 5.75 Å². The van der Waals surface area contributed by atoms with Crippen LogP contribution in [0.2, 0.25) is 0 Å². The third-order valence-electron chi connectivity index (χ3n) is 6.23. The smallest absolute Gasteiger partial charge is 0.330 e. The number of hydrogen-bond acceptors (Lipinski definition) is 5. The lowest BCUT2D eigenvalue weighted by Crippen LogP contribution is -2.55. The number of fused-ring (bicyclic) bond motifs is 1. The Kier molecular flexibility index (Phi) is 6.75. The van der Waals surface area contributed by atoms with E-state index in [2.05, 4.69) is 10.0 Å². The van der Waals surface area contributed by atoms with Crippen molar-refractivity contribution in [3.8, 4) is 16.9 Å². The Morgan fingerprint density at radius 1 is 0.972 bits per heavy atom. The van der Waals surface area contributed by atoms with Crippen LogP contribution in [0.4, 0.5) is 5.69 Å². The fraction of sp³-hybridized carbons (Fsp3) is 0.231. The minimum absolute atomic E-state index is 0.196. The van der Waals surface area contributed by atoms with Crippen LogP contribution in [0.15, 0.2) is 66.7 Å². The standard InChI is InChI=1S/C26H27N3O6S/c1-29(2)36(33,34)28-21-10-6-9-17(13-21)22-14-18(11-12-23(22)35-3)24(30)27-26(25(31)32)15-19-7-4-5-8-20(19)16-26/h4-14,28H,15-16H2,1-3H3,(H,27,30)(H,31,32). The second-order valence-corrected chi connectivity index (χ2v) is 10.7. The SMILES string of the molecule is COc1ccc(C(=O)NC2(C(=O)O)Cc3ccccc3C2)cc1-c1cccc(NS(=O)(=O)N(C)C)c1. The number of carboxylic acid groups (broad SMARTS) is 1. The van der Waals surface area contributed by atoms with Crippen LogP contribution < -0.4 is 14.8 Å². The number of methoxy groups -OCH3 is 1. The van der Waals surface area contributed by atoms with E-state index in [1.54, 1.807) is 42.5 Å². The quantitative estimate of drug-likeness (QED) is 0.429. The van der Waals surface area contributed by atoms with Gasteiger partial charge < -0.3 is 15.2 Å². The van der Waals surface area contributed by atoms with Crippen molar-refractivity contribution in [1.29, 1.82) is 0 Å². The Bertz CT molecular complexity index is 1410. The summed E-state index contributed by atoms with van der Waals surface area (Å²) in [6.45, 7) is 0. The lowest BCUT2D eigenvalue weighted by molar-refractivity contribution is -0.144. The molecule has 0 saturated carbocycles. The third kappa shape index (κ3) is 4.91. The number of nitrogens with zero attached hydrogens (tertiary/aromatic N) is 1. The van der Waals surface area contributed by atoms with Gasteiger partial charge in [-0.3, -0.25) is 9.52 Å². The molecule has 0 aliphatic heterocycles. The summed E-state index contributed by atoms with van der Waals surface area (Å²) in [5.41, 5.74) is 2.11. The van der Waals surface area contributed by atoms with Crippen molar-refractivity contribution >= 4 is 27.8 Å². The van der Waals surface area contributed by atoms with Gasteiger partial charge in [-0.2, -0.15) is 12.7 Å². The van der Waals surface area contributed by atoms with Gasteiger partial charge >= 0.3 is 16.2 Å². The monoisotopic (exact) mass is 509 g/mol. The number of aliphatic carboxylic acids is 1. The fourth-order valence-corrected chi connectivity index (χ4v) is 4.87. The van der Waals surface area contributed by atoms with Gasteiger partial charge in [0.25, 0.3) is 5.91 Å². The summed E-state index contributed by atoms with van der Waals surface area (Å²) in [4.78, 5) is 25.5.